The molecule has 0 aromatic heterocycles. The second-order valence-electron chi connectivity index (χ2n) is 6.64. The van der Waals surface area contributed by atoms with Crippen LogP contribution in [-0.2, 0) is 4.74 Å². The minimum atomic E-state index is 0.279. The van der Waals surface area contributed by atoms with Gasteiger partial charge < -0.3 is 10.5 Å². The lowest BCUT2D eigenvalue weighted by Crippen LogP contribution is -2.68. The van der Waals surface area contributed by atoms with Crippen molar-refractivity contribution in [1.82, 2.24) is 4.90 Å². The van der Waals surface area contributed by atoms with Gasteiger partial charge in [-0.05, 0) is 51.0 Å². The molecule has 104 valence electrons. The van der Waals surface area contributed by atoms with E-state index in [9.17, 15) is 0 Å². The van der Waals surface area contributed by atoms with Gasteiger partial charge in [0.25, 0.3) is 0 Å². The number of nitrogens with two attached hydrogens (primary N) is 1. The lowest BCUT2D eigenvalue weighted by Gasteiger charge is -2.59. The van der Waals surface area contributed by atoms with Crippen LogP contribution in [0, 0.1) is 5.92 Å². The van der Waals surface area contributed by atoms with Gasteiger partial charge in [0.1, 0.15) is 0 Å². The van der Waals surface area contributed by atoms with Crippen molar-refractivity contribution in [2.24, 2.45) is 11.7 Å². The van der Waals surface area contributed by atoms with Crippen LogP contribution in [0.3, 0.4) is 0 Å². The van der Waals surface area contributed by atoms with Gasteiger partial charge in [-0.15, -0.1) is 0 Å². The zero-order valence-electron chi connectivity index (χ0n) is 11.7. The topological polar surface area (TPSA) is 38.5 Å². The molecule has 3 heteroatoms. The number of nitrogens with zero attached hydrogens (tertiary/aromatic N) is 1. The van der Waals surface area contributed by atoms with Crippen LogP contribution in [0.15, 0.2) is 0 Å². The average Bonchev–Trinajstić information content (AvgIpc) is 2.39. The number of methoxy groups -OCH3 is 1. The molecule has 2 N–H and O–H groups in total. The Morgan fingerprint density at radius 3 is 2.61 bits per heavy atom. The van der Waals surface area contributed by atoms with E-state index in [2.05, 4.69) is 4.90 Å². The quantitative estimate of drug-likeness (QED) is 0.836. The van der Waals surface area contributed by atoms with E-state index in [-0.39, 0.29) is 5.54 Å². The van der Waals surface area contributed by atoms with E-state index in [0.29, 0.717) is 6.10 Å². The first-order chi connectivity index (χ1) is 8.79. The van der Waals surface area contributed by atoms with Gasteiger partial charge in [-0.2, -0.15) is 0 Å². The summed E-state index contributed by atoms with van der Waals surface area (Å²) in [6, 6.07) is 0.828. The van der Waals surface area contributed by atoms with Crippen molar-refractivity contribution in [3.63, 3.8) is 0 Å². The first-order valence-corrected chi connectivity index (χ1v) is 7.79. The number of ether oxygens (including phenoxy) is 1. The fourth-order valence-corrected chi connectivity index (χ4v) is 4.69. The monoisotopic (exact) mass is 252 g/mol. The highest BCUT2D eigenvalue weighted by molar-refractivity contribution is 5.08. The van der Waals surface area contributed by atoms with Crippen LogP contribution < -0.4 is 5.73 Å². The molecule has 0 bridgehead atoms. The van der Waals surface area contributed by atoms with E-state index in [1.807, 2.05) is 7.11 Å². The Kier molecular flexibility index (Phi) is 3.65. The fraction of sp³-hybridized carbons (Fsp3) is 1.00. The second-order valence-corrected chi connectivity index (χ2v) is 6.64. The maximum absolute atomic E-state index is 6.14. The normalized spacial score (nSPS) is 45.3. The van der Waals surface area contributed by atoms with Gasteiger partial charge in [-0.25, -0.2) is 0 Å². The SMILES string of the molecule is COC1CC(CN)(N2CCCC3CCCCC32)C1. The molecule has 0 aromatic rings. The molecular weight excluding hydrogens is 224 g/mol. The minimum Gasteiger partial charge on any atom is -0.381 e. The van der Waals surface area contributed by atoms with Crippen molar-refractivity contribution in [2.75, 3.05) is 20.2 Å². The molecule has 3 nitrogen and oxygen atoms in total. The van der Waals surface area contributed by atoms with Crippen molar-refractivity contribution in [3.05, 3.63) is 0 Å². The Hall–Kier alpha value is -0.120. The maximum atomic E-state index is 6.14. The average molecular weight is 252 g/mol. The highest BCUT2D eigenvalue weighted by Crippen LogP contribution is 2.46. The Balaban J connectivity index is 1.73. The highest BCUT2D eigenvalue weighted by Gasteiger charge is 2.51. The van der Waals surface area contributed by atoms with Crippen molar-refractivity contribution >= 4 is 0 Å². The van der Waals surface area contributed by atoms with E-state index < -0.39 is 0 Å². The number of hydrogen-bond acceptors (Lipinski definition) is 3. The molecule has 2 saturated carbocycles. The second kappa shape index (κ2) is 5.10. The minimum absolute atomic E-state index is 0.279. The van der Waals surface area contributed by atoms with E-state index in [1.54, 1.807) is 0 Å². The van der Waals surface area contributed by atoms with Gasteiger partial charge in [0.05, 0.1) is 6.10 Å². The first kappa shape index (κ1) is 12.9. The van der Waals surface area contributed by atoms with Crippen LogP contribution in [0.5, 0.6) is 0 Å². The van der Waals surface area contributed by atoms with Crippen LogP contribution in [0.25, 0.3) is 0 Å². The van der Waals surface area contributed by atoms with Gasteiger partial charge in [0.15, 0.2) is 0 Å². The van der Waals surface area contributed by atoms with Gasteiger partial charge >= 0.3 is 0 Å². The Morgan fingerprint density at radius 1 is 1.17 bits per heavy atom. The highest BCUT2D eigenvalue weighted by atomic mass is 16.5. The summed E-state index contributed by atoms with van der Waals surface area (Å²) >= 11 is 0. The molecule has 2 atom stereocenters. The Bertz CT molecular complexity index is 286. The molecule has 1 heterocycles. The van der Waals surface area contributed by atoms with Crippen LogP contribution >= 0.6 is 0 Å². The molecule has 3 rings (SSSR count). The molecule has 3 aliphatic rings. The van der Waals surface area contributed by atoms with E-state index in [1.165, 1.54) is 45.1 Å². The van der Waals surface area contributed by atoms with E-state index in [4.69, 9.17) is 10.5 Å². The van der Waals surface area contributed by atoms with Crippen molar-refractivity contribution in [3.8, 4) is 0 Å². The van der Waals surface area contributed by atoms with Gasteiger partial charge in [-0.1, -0.05) is 12.8 Å². The van der Waals surface area contributed by atoms with Crippen LogP contribution in [0.4, 0.5) is 0 Å². The summed E-state index contributed by atoms with van der Waals surface area (Å²) in [4.78, 5) is 2.80. The zero-order valence-corrected chi connectivity index (χ0v) is 11.7. The number of hydrogen-bond donors (Lipinski definition) is 1. The maximum Gasteiger partial charge on any atom is 0.0607 e. The lowest BCUT2D eigenvalue weighted by molar-refractivity contribution is -0.126. The summed E-state index contributed by atoms with van der Waals surface area (Å²) in [6.07, 6.45) is 11.3. The molecule has 2 aliphatic carbocycles. The number of piperidine rings is 1. The Morgan fingerprint density at radius 2 is 1.89 bits per heavy atom. The Labute approximate surface area is 111 Å². The first-order valence-electron chi connectivity index (χ1n) is 7.79. The summed E-state index contributed by atoms with van der Waals surface area (Å²) in [5.74, 6) is 0.956. The summed E-state index contributed by atoms with van der Waals surface area (Å²) in [6.45, 7) is 2.09. The number of likely N-dealkylation sites (tertiary alicyclic amines) is 1. The van der Waals surface area contributed by atoms with Crippen molar-refractivity contribution < 1.29 is 4.74 Å². The molecule has 0 spiro atoms. The van der Waals surface area contributed by atoms with E-state index in [0.717, 1.165) is 31.3 Å². The largest absolute Gasteiger partial charge is 0.381 e. The predicted molar refractivity (Wildman–Crippen MR) is 73.5 cm³/mol. The van der Waals surface area contributed by atoms with Crippen molar-refractivity contribution in [1.29, 1.82) is 0 Å². The molecule has 18 heavy (non-hydrogen) atoms. The van der Waals surface area contributed by atoms with Gasteiger partial charge in [0, 0.05) is 25.2 Å². The third kappa shape index (κ3) is 2.00. The summed E-state index contributed by atoms with van der Waals surface area (Å²) in [7, 11) is 1.84. The standard InChI is InChI=1S/C15H28N2O/c1-18-13-9-15(10-13,11-16)17-8-4-6-12-5-2-3-7-14(12)17/h12-14H,2-11,16H2,1H3. The number of fused-ring (bicyclic) bond motifs is 1. The van der Waals surface area contributed by atoms with Gasteiger partial charge in [-0.3, -0.25) is 4.90 Å². The zero-order chi connectivity index (χ0) is 12.6. The summed E-state index contributed by atoms with van der Waals surface area (Å²) < 4.78 is 5.49. The molecule has 0 amide bonds. The molecule has 2 unspecified atom stereocenters. The van der Waals surface area contributed by atoms with E-state index >= 15 is 0 Å². The molecule has 1 aliphatic heterocycles. The summed E-state index contributed by atoms with van der Waals surface area (Å²) in [5.41, 5.74) is 6.42. The number of rotatable bonds is 3. The molecular formula is C15H28N2O. The van der Waals surface area contributed by atoms with Gasteiger partial charge in [0.2, 0.25) is 0 Å². The third-order valence-corrected chi connectivity index (χ3v) is 5.78. The molecule has 1 saturated heterocycles. The van der Waals surface area contributed by atoms with Crippen LogP contribution in [-0.4, -0.2) is 42.8 Å². The van der Waals surface area contributed by atoms with Crippen molar-refractivity contribution in [2.45, 2.75) is 69.1 Å². The fourth-order valence-electron chi connectivity index (χ4n) is 4.69. The predicted octanol–water partition coefficient (Wildman–Crippen LogP) is 2.15. The van der Waals surface area contributed by atoms with Crippen LogP contribution in [0.1, 0.15) is 51.4 Å². The summed E-state index contributed by atoms with van der Waals surface area (Å²) in [5, 5.41) is 0. The lowest BCUT2D eigenvalue weighted by atomic mass is 9.68. The van der Waals surface area contributed by atoms with Crippen LogP contribution in [0.2, 0.25) is 0 Å². The molecule has 0 radical (unpaired) electrons. The third-order valence-electron chi connectivity index (χ3n) is 5.78. The smallest absolute Gasteiger partial charge is 0.0607 e. The molecule has 3 fully saturated rings. The molecule has 0 aromatic carbocycles.